The number of hydrogen-bond donors (Lipinski definition) is 1. The predicted octanol–water partition coefficient (Wildman–Crippen LogP) is 7.18. The van der Waals surface area contributed by atoms with Crippen LogP contribution in [0.25, 0.3) is 6.08 Å². The Morgan fingerprint density at radius 1 is 0.906 bits per heavy atom. The highest BCUT2D eigenvalue weighted by atomic mass is 19.2. The predicted molar refractivity (Wildman–Crippen MR) is 208 cm³/mol. The minimum absolute atomic E-state index is 0.0884. The normalized spacial score (nSPS) is 15.6. The Morgan fingerprint density at radius 2 is 1.57 bits per heavy atom. The van der Waals surface area contributed by atoms with Crippen LogP contribution in [0.15, 0.2) is 60.3 Å². The maximum Gasteiger partial charge on any atom is 0.737 e. The van der Waals surface area contributed by atoms with Gasteiger partial charge in [0.2, 0.25) is 5.91 Å². The van der Waals surface area contributed by atoms with Crippen LogP contribution in [0.2, 0.25) is 0 Å². The van der Waals surface area contributed by atoms with Crippen molar-refractivity contribution in [3.8, 4) is 23.0 Å². The molecule has 1 unspecified atom stereocenters. The number of carbonyl (C=O) groups is 1. The van der Waals surface area contributed by atoms with E-state index in [2.05, 4.69) is 43.2 Å². The van der Waals surface area contributed by atoms with Crippen molar-refractivity contribution < 1.29 is 36.9 Å². The summed E-state index contributed by atoms with van der Waals surface area (Å²) >= 11 is 0. The van der Waals surface area contributed by atoms with Crippen molar-refractivity contribution in [2.24, 2.45) is 5.92 Å². The molecule has 0 fully saturated rings. The fraction of sp³-hybridized carbons (Fsp3) is 0.463. The van der Waals surface area contributed by atoms with Gasteiger partial charge in [0.15, 0.2) is 28.7 Å². The summed E-state index contributed by atoms with van der Waals surface area (Å²) in [6.45, 7) is 5.94. The van der Waals surface area contributed by atoms with Gasteiger partial charge in [-0.15, -0.1) is 0 Å². The summed E-state index contributed by atoms with van der Waals surface area (Å²) < 4.78 is 56.3. The van der Waals surface area contributed by atoms with Crippen molar-refractivity contribution >= 4 is 24.7 Å². The fourth-order valence-electron chi connectivity index (χ4n) is 7.92. The number of fused-ring (bicyclic) bond motifs is 2. The van der Waals surface area contributed by atoms with Gasteiger partial charge in [0.25, 0.3) is 0 Å². The number of nitrogens with zero attached hydrogens (tertiary/aromatic N) is 3. The number of carbonyl (C=O) groups excluding carboxylic acids is 1. The summed E-state index contributed by atoms with van der Waals surface area (Å²) in [5.41, 5.74) is 4.56. The van der Waals surface area contributed by atoms with Crippen LogP contribution < -0.4 is 24.3 Å². The standard InChI is InChI=1S/C41H55BF2N4O5/c1-28(2)41(32-12-17-37(51-7)39(25-32)53-9,20-10-21-46(5)22-19-31-11-16-36(50-6)38(24-31)52-8)27-45-40(49)18-15-33-13-14-34-26-35-29(3)23-30(4)47(35)42(43,44)48(33)34/h11-14,16-17,23-26,28H,10,15,18-22,27H2,1-9H3,(H,45,49). The Morgan fingerprint density at radius 3 is 2.23 bits per heavy atom. The van der Waals surface area contributed by atoms with Gasteiger partial charge in [0.05, 0.1) is 28.4 Å². The lowest BCUT2D eigenvalue weighted by atomic mass is 9.68. The number of aryl methyl sites for hydroxylation is 2. The molecule has 3 heterocycles. The third kappa shape index (κ3) is 8.17. The number of aromatic nitrogens is 1. The Bertz CT molecular complexity index is 1900. The molecule has 2 aromatic carbocycles. The molecule has 0 bridgehead atoms. The number of halogens is 2. The van der Waals surface area contributed by atoms with E-state index in [0.29, 0.717) is 46.6 Å². The summed E-state index contributed by atoms with van der Waals surface area (Å²) in [6, 6.07) is 13.8. The summed E-state index contributed by atoms with van der Waals surface area (Å²) in [4.78, 5) is 15.9. The van der Waals surface area contributed by atoms with E-state index >= 15 is 8.63 Å². The first kappa shape index (κ1) is 39.6. The van der Waals surface area contributed by atoms with Gasteiger partial charge in [0.1, 0.15) is 5.71 Å². The molecule has 3 aromatic rings. The molecule has 1 aromatic heterocycles. The lowest BCUT2D eigenvalue weighted by Crippen LogP contribution is -2.50. The Kier molecular flexibility index (Phi) is 12.4. The number of hydrogen-bond acceptors (Lipinski definition) is 6. The molecule has 0 spiro atoms. The first-order valence-corrected chi connectivity index (χ1v) is 18.4. The van der Waals surface area contributed by atoms with Gasteiger partial charge in [0, 0.05) is 55.3 Å². The number of likely N-dealkylation sites (N-methyl/N-ethyl adjacent to an activating group) is 1. The van der Waals surface area contributed by atoms with Crippen molar-refractivity contribution in [1.82, 2.24) is 14.7 Å². The van der Waals surface area contributed by atoms with E-state index in [1.165, 1.54) is 5.56 Å². The minimum atomic E-state index is -4.08. The molecule has 12 heteroatoms. The van der Waals surface area contributed by atoms with E-state index in [0.717, 1.165) is 58.2 Å². The smallest absolute Gasteiger partial charge is 0.493 e. The van der Waals surface area contributed by atoms with Crippen LogP contribution in [-0.4, -0.2) is 87.6 Å². The van der Waals surface area contributed by atoms with Gasteiger partial charge >= 0.3 is 6.97 Å². The van der Waals surface area contributed by atoms with Crippen LogP contribution in [0.3, 0.4) is 0 Å². The van der Waals surface area contributed by atoms with E-state index in [9.17, 15) is 4.79 Å². The lowest BCUT2D eigenvalue weighted by molar-refractivity contribution is -0.362. The fourth-order valence-corrected chi connectivity index (χ4v) is 7.92. The molecule has 0 aliphatic carbocycles. The number of benzene rings is 2. The third-order valence-corrected chi connectivity index (χ3v) is 11.1. The molecule has 2 aliphatic rings. The van der Waals surface area contributed by atoms with E-state index in [4.69, 9.17) is 18.9 Å². The molecule has 1 N–H and O–H groups in total. The first-order valence-electron chi connectivity index (χ1n) is 18.4. The van der Waals surface area contributed by atoms with Gasteiger partial charge < -0.3 is 46.8 Å². The Labute approximate surface area is 313 Å². The lowest BCUT2D eigenvalue weighted by Gasteiger charge is -2.39. The average molecular weight is 733 g/mol. The number of methoxy groups -OCH3 is 4. The quantitative estimate of drug-likeness (QED) is 0.140. The van der Waals surface area contributed by atoms with E-state index < -0.39 is 12.4 Å². The van der Waals surface area contributed by atoms with E-state index in [-0.39, 0.29) is 24.7 Å². The monoisotopic (exact) mass is 732 g/mol. The summed E-state index contributed by atoms with van der Waals surface area (Å²) in [5, 5.41) is 3.21. The van der Waals surface area contributed by atoms with Gasteiger partial charge in [-0.25, -0.2) is 0 Å². The van der Waals surface area contributed by atoms with Gasteiger partial charge in [-0.1, -0.05) is 26.0 Å². The van der Waals surface area contributed by atoms with Crippen LogP contribution in [0.1, 0.15) is 67.6 Å². The molecule has 286 valence electrons. The Balaban J connectivity index is 1.29. The SMILES string of the molecule is COc1ccc(CCN(C)CCCC(CNC(=O)CCC2=[N+]3C(=Cc4c(C)cc(C)n4[B-]3(F)F)C=C2)(c2ccc(OC)c(OC)c2)C(C)C)cc1OC. The molecule has 5 rings (SSSR count). The molecule has 53 heavy (non-hydrogen) atoms. The highest BCUT2D eigenvalue weighted by Crippen LogP contribution is 2.41. The zero-order chi connectivity index (χ0) is 38.5. The molecule has 1 atom stereocenters. The largest absolute Gasteiger partial charge is 0.737 e. The highest BCUT2D eigenvalue weighted by molar-refractivity contribution is 6.58. The van der Waals surface area contributed by atoms with Gasteiger partial charge in [-0.3, -0.25) is 4.79 Å². The zero-order valence-electron chi connectivity index (χ0n) is 32.7. The van der Waals surface area contributed by atoms with Gasteiger partial charge in [-0.05, 0) is 105 Å². The zero-order valence-corrected chi connectivity index (χ0v) is 32.7. The molecule has 9 nitrogen and oxygen atoms in total. The maximum absolute atomic E-state index is 16.0. The maximum atomic E-state index is 16.0. The van der Waals surface area contributed by atoms with Crippen molar-refractivity contribution in [1.29, 1.82) is 0 Å². The van der Waals surface area contributed by atoms with Crippen molar-refractivity contribution in [3.63, 3.8) is 0 Å². The molecule has 0 saturated heterocycles. The number of amides is 1. The van der Waals surface area contributed by atoms with Crippen LogP contribution in [0, 0.1) is 19.8 Å². The van der Waals surface area contributed by atoms with Crippen LogP contribution in [0.4, 0.5) is 8.63 Å². The highest BCUT2D eigenvalue weighted by Gasteiger charge is 2.52. The van der Waals surface area contributed by atoms with E-state index in [1.54, 1.807) is 59.7 Å². The van der Waals surface area contributed by atoms with Crippen LogP contribution in [-0.2, 0) is 16.6 Å². The second-order valence-electron chi connectivity index (χ2n) is 14.6. The van der Waals surface area contributed by atoms with E-state index in [1.807, 2.05) is 31.2 Å². The molecule has 0 radical (unpaired) electrons. The number of rotatable bonds is 18. The second kappa shape index (κ2) is 16.6. The second-order valence-corrected chi connectivity index (χ2v) is 14.6. The topological polar surface area (TPSA) is 77.2 Å². The molecule has 0 saturated carbocycles. The number of ether oxygens (including phenoxy) is 4. The Hall–Kier alpha value is -4.58. The summed E-state index contributed by atoms with van der Waals surface area (Å²) in [6.07, 6.45) is 8.08. The molecule has 2 aliphatic heterocycles. The van der Waals surface area contributed by atoms with Gasteiger partial charge in [-0.2, -0.15) is 0 Å². The van der Waals surface area contributed by atoms with Crippen LogP contribution >= 0.6 is 0 Å². The summed E-state index contributed by atoms with van der Waals surface area (Å²) in [7, 11) is 8.64. The number of nitrogens with one attached hydrogen (secondary N) is 1. The number of allylic oxidation sites excluding steroid dienone is 2. The van der Waals surface area contributed by atoms with Crippen LogP contribution in [0.5, 0.6) is 23.0 Å². The minimum Gasteiger partial charge on any atom is -0.493 e. The third-order valence-electron chi connectivity index (χ3n) is 11.1. The molecule has 1 amide bonds. The molecular weight excluding hydrogens is 677 g/mol. The van der Waals surface area contributed by atoms with Crippen molar-refractivity contribution in [3.05, 3.63) is 88.4 Å². The molecular formula is C41H55BF2N4O5. The van der Waals surface area contributed by atoms with Crippen molar-refractivity contribution in [2.45, 2.75) is 65.2 Å². The van der Waals surface area contributed by atoms with Crippen molar-refractivity contribution in [2.75, 3.05) is 55.1 Å². The first-order chi connectivity index (χ1) is 25.3. The summed E-state index contributed by atoms with van der Waals surface area (Å²) in [5.74, 6) is 2.66. The average Bonchev–Trinajstić information content (AvgIpc) is 3.70.